The molecule has 0 bridgehead atoms. The summed E-state index contributed by atoms with van der Waals surface area (Å²) in [6.45, 7) is 0. The van der Waals surface area contributed by atoms with Crippen molar-refractivity contribution in [1.82, 2.24) is 0 Å². The number of hydrogen-bond acceptors (Lipinski definition) is 4. The minimum atomic E-state index is -4.72. The molecule has 7 heteroatoms. The van der Waals surface area contributed by atoms with Crippen LogP contribution in [-0.4, -0.2) is 21.2 Å². The molecule has 0 saturated heterocycles. The van der Waals surface area contributed by atoms with Crippen LogP contribution < -0.4 is 4.52 Å². The molecule has 14 heavy (non-hydrogen) atoms. The fraction of sp³-hybridized carbons (Fsp3) is 0. The number of phenolic OH excluding ortho intramolecular Hbond substituents is 1. The van der Waals surface area contributed by atoms with Gasteiger partial charge in [0, 0.05) is 0 Å². The summed E-state index contributed by atoms with van der Waals surface area (Å²) in [5, 5.41) is 9.12. The van der Waals surface area contributed by atoms with Crippen molar-refractivity contribution in [3.05, 3.63) is 23.8 Å². The number of rotatable bonds is 3. The highest BCUT2D eigenvalue weighted by Crippen LogP contribution is 2.40. The summed E-state index contributed by atoms with van der Waals surface area (Å²) in [5.74, 6) is -0.751. The zero-order chi connectivity index (χ0) is 10.8. The number of hydrogen-bond donors (Lipinski definition) is 3. The molecule has 0 aliphatic heterocycles. The summed E-state index contributed by atoms with van der Waals surface area (Å²) < 4.78 is 14.6. The molecule has 0 saturated carbocycles. The van der Waals surface area contributed by atoms with Crippen LogP contribution in [0.5, 0.6) is 11.5 Å². The number of phosphoric acid groups is 1. The topological polar surface area (TPSA) is 104 Å². The van der Waals surface area contributed by atoms with E-state index in [-0.39, 0.29) is 17.6 Å². The maximum atomic E-state index is 10.5. The molecule has 6 nitrogen and oxygen atoms in total. The molecule has 0 atom stereocenters. The van der Waals surface area contributed by atoms with Crippen LogP contribution in [0.25, 0.3) is 0 Å². The quantitative estimate of drug-likeness (QED) is 0.509. The van der Waals surface area contributed by atoms with Crippen molar-refractivity contribution < 1.29 is 28.8 Å². The van der Waals surface area contributed by atoms with Gasteiger partial charge in [-0.2, -0.15) is 0 Å². The van der Waals surface area contributed by atoms with Gasteiger partial charge in [-0.1, -0.05) is 6.07 Å². The Morgan fingerprint density at radius 3 is 2.50 bits per heavy atom. The Balaban J connectivity index is 3.15. The second-order valence-electron chi connectivity index (χ2n) is 2.39. The maximum Gasteiger partial charge on any atom is 0.524 e. The van der Waals surface area contributed by atoms with Crippen LogP contribution in [0.4, 0.5) is 0 Å². The highest BCUT2D eigenvalue weighted by atomic mass is 31.2. The Kier molecular flexibility index (Phi) is 2.90. The largest absolute Gasteiger partial charge is 0.524 e. The van der Waals surface area contributed by atoms with Crippen molar-refractivity contribution in [3.63, 3.8) is 0 Å². The number of benzene rings is 1. The summed E-state index contributed by atoms with van der Waals surface area (Å²) in [7, 11) is -4.72. The van der Waals surface area contributed by atoms with E-state index < -0.39 is 13.6 Å². The van der Waals surface area contributed by atoms with Crippen LogP contribution in [0, 0.1) is 0 Å². The number of phosphoric ester groups is 1. The van der Waals surface area contributed by atoms with Gasteiger partial charge in [-0.15, -0.1) is 0 Å². The first-order chi connectivity index (χ1) is 6.44. The predicted molar refractivity (Wildman–Crippen MR) is 46.2 cm³/mol. The van der Waals surface area contributed by atoms with Gasteiger partial charge in [0.05, 0.1) is 5.56 Å². The summed E-state index contributed by atoms with van der Waals surface area (Å²) in [6.07, 6.45) is 0.250. The van der Waals surface area contributed by atoms with Crippen LogP contribution in [-0.2, 0) is 4.57 Å². The normalized spacial score (nSPS) is 11.0. The molecule has 3 N–H and O–H groups in total. The Morgan fingerprint density at radius 1 is 1.36 bits per heavy atom. The van der Waals surface area contributed by atoms with Gasteiger partial charge >= 0.3 is 7.82 Å². The first-order valence-corrected chi connectivity index (χ1v) is 4.99. The monoisotopic (exact) mass is 218 g/mol. The first kappa shape index (κ1) is 10.7. The van der Waals surface area contributed by atoms with Crippen LogP contribution in [0.3, 0.4) is 0 Å². The third-order valence-electron chi connectivity index (χ3n) is 1.38. The highest BCUT2D eigenvalue weighted by Gasteiger charge is 2.19. The minimum absolute atomic E-state index is 0.250. The van der Waals surface area contributed by atoms with Gasteiger partial charge in [0.1, 0.15) is 11.5 Å². The minimum Gasteiger partial charge on any atom is -0.507 e. The molecule has 0 aromatic heterocycles. The molecule has 0 unspecified atom stereocenters. The van der Waals surface area contributed by atoms with E-state index in [2.05, 4.69) is 4.52 Å². The number of phenols is 1. The van der Waals surface area contributed by atoms with Gasteiger partial charge in [-0.3, -0.25) is 14.6 Å². The van der Waals surface area contributed by atoms with Gasteiger partial charge < -0.3 is 9.63 Å². The molecule has 0 heterocycles. The second-order valence-corrected chi connectivity index (χ2v) is 3.55. The molecule has 0 radical (unpaired) electrons. The van der Waals surface area contributed by atoms with Gasteiger partial charge in [0.15, 0.2) is 6.29 Å². The van der Waals surface area contributed by atoms with Crippen LogP contribution in [0.1, 0.15) is 10.4 Å². The number of aromatic hydroxyl groups is 1. The van der Waals surface area contributed by atoms with Crippen LogP contribution >= 0.6 is 7.82 Å². The molecule has 0 aliphatic rings. The zero-order valence-electron chi connectivity index (χ0n) is 6.82. The van der Waals surface area contributed by atoms with Crippen molar-refractivity contribution in [2.75, 3.05) is 0 Å². The molecule has 0 aliphatic carbocycles. The molecule has 1 rings (SSSR count). The van der Waals surface area contributed by atoms with Crippen LogP contribution in [0.2, 0.25) is 0 Å². The van der Waals surface area contributed by atoms with E-state index in [1.54, 1.807) is 0 Å². The van der Waals surface area contributed by atoms with E-state index >= 15 is 0 Å². The van der Waals surface area contributed by atoms with E-state index in [0.717, 1.165) is 0 Å². The van der Waals surface area contributed by atoms with E-state index in [9.17, 15) is 9.36 Å². The smallest absolute Gasteiger partial charge is 0.507 e. The van der Waals surface area contributed by atoms with Crippen molar-refractivity contribution >= 4 is 14.1 Å². The average Bonchev–Trinajstić information content (AvgIpc) is 2.01. The summed E-state index contributed by atoms with van der Waals surface area (Å²) in [4.78, 5) is 27.4. The lowest BCUT2D eigenvalue weighted by molar-refractivity contribution is 0.111. The van der Waals surface area contributed by atoms with Crippen molar-refractivity contribution in [1.29, 1.82) is 0 Å². The fourth-order valence-corrected chi connectivity index (χ4v) is 1.27. The van der Waals surface area contributed by atoms with E-state index in [1.165, 1.54) is 18.2 Å². The van der Waals surface area contributed by atoms with Gasteiger partial charge in [0.2, 0.25) is 0 Å². The predicted octanol–water partition coefficient (Wildman–Crippen LogP) is 0.676. The van der Waals surface area contributed by atoms with E-state index in [0.29, 0.717) is 0 Å². The molecule has 0 fully saturated rings. The van der Waals surface area contributed by atoms with E-state index in [1.807, 2.05) is 0 Å². The molecule has 0 amide bonds. The lowest BCUT2D eigenvalue weighted by atomic mass is 10.2. The lowest BCUT2D eigenvalue weighted by Gasteiger charge is -2.08. The zero-order valence-corrected chi connectivity index (χ0v) is 7.72. The molecule has 0 spiro atoms. The highest BCUT2D eigenvalue weighted by molar-refractivity contribution is 7.46. The standard InChI is InChI=1S/C7H7O6P/c8-4-5-6(9)2-1-3-7(5)13-14(10,11)12/h1-4,9H,(H2,10,11,12). The Hall–Kier alpha value is -1.36. The fourth-order valence-electron chi connectivity index (χ4n) is 0.859. The lowest BCUT2D eigenvalue weighted by Crippen LogP contribution is -1.94. The van der Waals surface area contributed by atoms with Gasteiger partial charge in [0.25, 0.3) is 0 Å². The number of aldehydes is 1. The van der Waals surface area contributed by atoms with Crippen molar-refractivity contribution in [2.45, 2.75) is 0 Å². The first-order valence-electron chi connectivity index (χ1n) is 3.46. The SMILES string of the molecule is O=Cc1c(O)cccc1OP(=O)(O)O. The Labute approximate surface area is 79.0 Å². The third kappa shape index (κ3) is 2.56. The summed E-state index contributed by atoms with van der Waals surface area (Å²) in [5.41, 5.74) is -0.296. The van der Waals surface area contributed by atoms with Crippen molar-refractivity contribution in [3.8, 4) is 11.5 Å². The Morgan fingerprint density at radius 2 is 2.00 bits per heavy atom. The molecular weight excluding hydrogens is 211 g/mol. The average molecular weight is 218 g/mol. The Bertz CT molecular complexity index is 395. The maximum absolute atomic E-state index is 10.5. The summed E-state index contributed by atoms with van der Waals surface area (Å²) in [6, 6.07) is 3.67. The van der Waals surface area contributed by atoms with Gasteiger partial charge in [-0.05, 0) is 12.1 Å². The number of carbonyl (C=O) groups is 1. The van der Waals surface area contributed by atoms with Crippen LogP contribution in [0.15, 0.2) is 18.2 Å². The van der Waals surface area contributed by atoms with Crippen molar-refractivity contribution in [2.24, 2.45) is 0 Å². The molecular formula is C7H7O6P. The van der Waals surface area contributed by atoms with Gasteiger partial charge in [-0.25, -0.2) is 4.57 Å². The van der Waals surface area contributed by atoms with E-state index in [4.69, 9.17) is 14.9 Å². The summed E-state index contributed by atoms with van der Waals surface area (Å²) >= 11 is 0. The molecule has 1 aromatic rings. The third-order valence-corrected chi connectivity index (χ3v) is 1.81. The molecule has 76 valence electrons. The number of carbonyl (C=O) groups excluding carboxylic acids is 1. The second kappa shape index (κ2) is 3.79. The molecule has 1 aromatic carbocycles.